The molecule has 0 aliphatic rings. The summed E-state index contributed by atoms with van der Waals surface area (Å²) >= 11 is 13.5. The average Bonchev–Trinajstić information content (AvgIpc) is 3.03. The van der Waals surface area contributed by atoms with Gasteiger partial charge in [-0.1, -0.05) is 46.2 Å². The Morgan fingerprint density at radius 3 is 2.88 bits per heavy atom. The quantitative estimate of drug-likeness (QED) is 0.601. The number of anilines is 1. The van der Waals surface area contributed by atoms with Crippen molar-refractivity contribution in [1.29, 1.82) is 0 Å². The van der Waals surface area contributed by atoms with Gasteiger partial charge in [-0.3, -0.25) is 4.79 Å². The van der Waals surface area contributed by atoms with Crippen LogP contribution >= 0.6 is 35.0 Å². The first-order valence-electron chi connectivity index (χ1n) is 7.30. The summed E-state index contributed by atoms with van der Waals surface area (Å²) in [5.41, 5.74) is 1.69. The van der Waals surface area contributed by atoms with Crippen LogP contribution in [0.2, 0.25) is 10.0 Å². The second-order valence-corrected chi connectivity index (χ2v) is 6.88. The summed E-state index contributed by atoms with van der Waals surface area (Å²) in [5, 5.41) is 7.98. The van der Waals surface area contributed by atoms with E-state index in [1.165, 1.54) is 11.8 Å². The van der Waals surface area contributed by atoms with Crippen molar-refractivity contribution in [2.75, 3.05) is 5.32 Å². The van der Waals surface area contributed by atoms with E-state index < -0.39 is 0 Å². The third-order valence-corrected chi connectivity index (χ3v) is 5.11. The Hall–Kier alpha value is -2.02. The van der Waals surface area contributed by atoms with E-state index in [-0.39, 0.29) is 5.91 Å². The van der Waals surface area contributed by atoms with Crippen LogP contribution in [0.1, 0.15) is 21.8 Å². The lowest BCUT2D eigenvalue weighted by molar-refractivity contribution is 0.102. The number of hydrogen-bond donors (Lipinski definition) is 1. The van der Waals surface area contributed by atoms with Gasteiger partial charge in [-0.2, -0.15) is 0 Å². The molecular weight excluding hydrogens is 381 g/mol. The summed E-state index contributed by atoms with van der Waals surface area (Å²) in [6.45, 7) is 1.83. The first-order chi connectivity index (χ1) is 12.0. The van der Waals surface area contributed by atoms with E-state index in [1.54, 1.807) is 36.5 Å². The van der Waals surface area contributed by atoms with E-state index in [0.717, 1.165) is 11.5 Å². The Balaban J connectivity index is 1.77. The summed E-state index contributed by atoms with van der Waals surface area (Å²) in [5.74, 6) is 0.980. The SMILES string of the molecule is Cc1cc(CSc2ncccc2C(=O)Nc2cccc(Cl)c2Cl)no1. The molecule has 0 radical (unpaired) electrons. The summed E-state index contributed by atoms with van der Waals surface area (Å²) in [6.07, 6.45) is 1.64. The van der Waals surface area contributed by atoms with Crippen molar-refractivity contribution >= 4 is 46.6 Å². The smallest absolute Gasteiger partial charge is 0.258 e. The zero-order valence-electron chi connectivity index (χ0n) is 13.1. The van der Waals surface area contributed by atoms with Crippen LogP contribution in [0.4, 0.5) is 5.69 Å². The van der Waals surface area contributed by atoms with Crippen LogP contribution in [-0.2, 0) is 5.75 Å². The molecule has 128 valence electrons. The van der Waals surface area contributed by atoms with Crippen LogP contribution in [0.3, 0.4) is 0 Å². The maximum Gasteiger partial charge on any atom is 0.258 e. The summed E-state index contributed by atoms with van der Waals surface area (Å²) in [4.78, 5) is 16.9. The molecule has 0 bridgehead atoms. The number of carbonyl (C=O) groups is 1. The molecule has 2 heterocycles. The number of nitrogens with one attached hydrogen (secondary N) is 1. The second-order valence-electron chi connectivity index (χ2n) is 5.13. The highest BCUT2D eigenvalue weighted by Crippen LogP contribution is 2.31. The summed E-state index contributed by atoms with van der Waals surface area (Å²) < 4.78 is 5.04. The van der Waals surface area contributed by atoms with Crippen LogP contribution < -0.4 is 5.32 Å². The molecule has 2 aromatic heterocycles. The number of aryl methyl sites for hydroxylation is 1. The fraction of sp³-hybridized carbons (Fsp3) is 0.118. The standard InChI is InChI=1S/C17H13Cl2N3O2S/c1-10-8-11(22-24-10)9-25-17-12(4-3-7-20-17)16(23)21-14-6-2-5-13(18)15(14)19/h2-8H,9H2,1H3,(H,21,23). The molecule has 0 aliphatic carbocycles. The van der Waals surface area contributed by atoms with Gasteiger partial charge in [0.05, 0.1) is 27.0 Å². The normalized spacial score (nSPS) is 10.7. The van der Waals surface area contributed by atoms with Gasteiger partial charge in [0.2, 0.25) is 0 Å². The maximum atomic E-state index is 12.6. The zero-order chi connectivity index (χ0) is 17.8. The molecule has 0 spiro atoms. The predicted molar refractivity (Wildman–Crippen MR) is 99.5 cm³/mol. The van der Waals surface area contributed by atoms with Crippen LogP contribution in [-0.4, -0.2) is 16.0 Å². The first-order valence-corrected chi connectivity index (χ1v) is 9.04. The molecule has 0 unspecified atom stereocenters. The summed E-state index contributed by atoms with van der Waals surface area (Å²) in [6, 6.07) is 10.3. The van der Waals surface area contributed by atoms with Gasteiger partial charge in [-0.05, 0) is 31.2 Å². The fourth-order valence-corrected chi connectivity index (χ4v) is 3.32. The third-order valence-electron chi connectivity index (χ3n) is 3.25. The maximum absolute atomic E-state index is 12.6. The van der Waals surface area contributed by atoms with Crippen molar-refractivity contribution in [2.45, 2.75) is 17.7 Å². The molecule has 0 aliphatic heterocycles. The van der Waals surface area contributed by atoms with Crippen LogP contribution in [0.5, 0.6) is 0 Å². The number of thioether (sulfide) groups is 1. The highest BCUT2D eigenvalue weighted by molar-refractivity contribution is 7.98. The van der Waals surface area contributed by atoms with Crippen molar-refractivity contribution in [3.8, 4) is 0 Å². The van der Waals surface area contributed by atoms with E-state index >= 15 is 0 Å². The number of pyridine rings is 1. The number of rotatable bonds is 5. The van der Waals surface area contributed by atoms with Gasteiger partial charge in [-0.25, -0.2) is 4.98 Å². The number of amides is 1. The fourth-order valence-electron chi connectivity index (χ4n) is 2.10. The number of aromatic nitrogens is 2. The lowest BCUT2D eigenvalue weighted by atomic mass is 10.2. The van der Waals surface area contributed by atoms with Gasteiger partial charge < -0.3 is 9.84 Å². The van der Waals surface area contributed by atoms with Crippen LogP contribution in [0, 0.1) is 6.92 Å². The second kappa shape index (κ2) is 7.91. The molecule has 25 heavy (non-hydrogen) atoms. The van der Waals surface area contributed by atoms with E-state index in [9.17, 15) is 4.79 Å². The van der Waals surface area contributed by atoms with Gasteiger partial charge in [0.15, 0.2) is 0 Å². The van der Waals surface area contributed by atoms with Crippen LogP contribution in [0.25, 0.3) is 0 Å². The molecule has 3 rings (SSSR count). The van der Waals surface area contributed by atoms with Crippen LogP contribution in [0.15, 0.2) is 52.1 Å². The molecule has 5 nitrogen and oxygen atoms in total. The van der Waals surface area contributed by atoms with Crippen molar-refractivity contribution in [1.82, 2.24) is 10.1 Å². The van der Waals surface area contributed by atoms with E-state index in [0.29, 0.717) is 32.1 Å². The average molecular weight is 394 g/mol. The molecule has 0 atom stereocenters. The Bertz CT molecular complexity index is 914. The molecule has 8 heteroatoms. The van der Waals surface area contributed by atoms with Crippen molar-refractivity contribution < 1.29 is 9.32 Å². The number of carbonyl (C=O) groups excluding carboxylic acids is 1. The van der Waals surface area contributed by atoms with E-state index in [4.69, 9.17) is 27.7 Å². The van der Waals surface area contributed by atoms with Gasteiger partial charge in [-0.15, -0.1) is 0 Å². The van der Waals surface area contributed by atoms with Crippen molar-refractivity contribution in [2.24, 2.45) is 0 Å². The number of halogens is 2. The topological polar surface area (TPSA) is 68.0 Å². The predicted octanol–water partition coefficient (Wildman–Crippen LogP) is 5.23. The highest BCUT2D eigenvalue weighted by Gasteiger charge is 2.15. The van der Waals surface area contributed by atoms with Gasteiger partial charge in [0.1, 0.15) is 10.8 Å². The Morgan fingerprint density at radius 2 is 2.12 bits per heavy atom. The lowest BCUT2D eigenvalue weighted by Gasteiger charge is -2.10. The Labute approximate surface area is 158 Å². The largest absolute Gasteiger partial charge is 0.361 e. The number of benzene rings is 1. The van der Waals surface area contributed by atoms with Crippen molar-refractivity contribution in [3.05, 3.63) is 69.7 Å². The summed E-state index contributed by atoms with van der Waals surface area (Å²) in [7, 11) is 0. The van der Waals surface area contributed by atoms with Gasteiger partial charge >= 0.3 is 0 Å². The minimum atomic E-state index is -0.309. The third kappa shape index (κ3) is 4.34. The number of hydrogen-bond acceptors (Lipinski definition) is 5. The monoisotopic (exact) mass is 393 g/mol. The Kier molecular flexibility index (Phi) is 5.63. The van der Waals surface area contributed by atoms with Gasteiger partial charge in [0.25, 0.3) is 5.91 Å². The van der Waals surface area contributed by atoms with Gasteiger partial charge in [0, 0.05) is 18.0 Å². The minimum Gasteiger partial charge on any atom is -0.361 e. The molecule has 0 saturated heterocycles. The lowest BCUT2D eigenvalue weighted by Crippen LogP contribution is -2.14. The number of nitrogens with zero attached hydrogens (tertiary/aromatic N) is 2. The zero-order valence-corrected chi connectivity index (χ0v) is 15.5. The highest BCUT2D eigenvalue weighted by atomic mass is 35.5. The first kappa shape index (κ1) is 17.8. The Morgan fingerprint density at radius 1 is 1.28 bits per heavy atom. The molecule has 0 saturated carbocycles. The molecule has 1 aromatic carbocycles. The van der Waals surface area contributed by atoms with E-state index in [1.807, 2.05) is 13.0 Å². The molecule has 1 N–H and O–H groups in total. The molecular formula is C17H13Cl2N3O2S. The molecule has 0 fully saturated rings. The molecule has 3 aromatic rings. The van der Waals surface area contributed by atoms with E-state index in [2.05, 4.69) is 15.5 Å². The molecule has 1 amide bonds. The minimum absolute atomic E-state index is 0.300. The van der Waals surface area contributed by atoms with Crippen molar-refractivity contribution in [3.63, 3.8) is 0 Å².